The summed E-state index contributed by atoms with van der Waals surface area (Å²) in [6, 6.07) is 27.0. The first kappa shape index (κ1) is 22.2. The van der Waals surface area contributed by atoms with Crippen LogP contribution in [0.3, 0.4) is 0 Å². The number of carbonyl (C=O) groups is 1. The van der Waals surface area contributed by atoms with Crippen LogP contribution in [0.1, 0.15) is 29.2 Å². The Morgan fingerprint density at radius 1 is 0.971 bits per heavy atom. The van der Waals surface area contributed by atoms with E-state index in [4.69, 9.17) is 4.74 Å². The fourth-order valence-electron chi connectivity index (χ4n) is 4.02. The maximum Gasteiger partial charge on any atom is 0.342 e. The molecule has 0 aliphatic carbocycles. The molecule has 3 aromatic carbocycles. The molecule has 174 valence electrons. The average molecular weight is 465 g/mol. The number of aromatic nitrogens is 1. The van der Waals surface area contributed by atoms with E-state index in [1.165, 1.54) is 5.01 Å². The van der Waals surface area contributed by atoms with Crippen molar-refractivity contribution >= 4 is 17.4 Å². The second-order valence-electron chi connectivity index (χ2n) is 8.11. The Morgan fingerprint density at radius 2 is 1.74 bits per heavy atom. The molecule has 1 aliphatic rings. The van der Waals surface area contributed by atoms with Gasteiger partial charge in [-0.3, -0.25) is 4.98 Å². The minimum Gasteiger partial charge on any atom is -0.508 e. The number of ether oxygens (including phenoxy) is 1. The lowest BCUT2D eigenvalue weighted by Crippen LogP contribution is -2.31. The lowest BCUT2D eigenvalue weighted by Gasteiger charge is -2.23. The predicted molar refractivity (Wildman–Crippen MR) is 134 cm³/mol. The summed E-state index contributed by atoms with van der Waals surface area (Å²) in [5.74, 6) is 0.670. The number of rotatable bonds is 6. The molecule has 4 aromatic rings. The van der Waals surface area contributed by atoms with Crippen molar-refractivity contribution in [1.82, 2.24) is 9.99 Å². The van der Waals surface area contributed by atoms with Gasteiger partial charge in [-0.15, -0.1) is 0 Å². The van der Waals surface area contributed by atoms with Gasteiger partial charge in [-0.1, -0.05) is 66.7 Å². The molecule has 1 aliphatic heterocycles. The molecule has 0 radical (unpaired) electrons. The summed E-state index contributed by atoms with van der Waals surface area (Å²) in [6.07, 6.45) is 3.86. The number of amides is 2. The van der Waals surface area contributed by atoms with Crippen molar-refractivity contribution in [2.75, 3.05) is 5.32 Å². The second kappa shape index (κ2) is 10.1. The number of para-hydroxylation sites is 3. The first-order valence-electron chi connectivity index (χ1n) is 11.3. The Bertz CT molecular complexity index is 1340. The van der Waals surface area contributed by atoms with Gasteiger partial charge in [-0.25, -0.2) is 9.80 Å². The molecule has 1 aromatic heterocycles. The molecule has 1 unspecified atom stereocenters. The van der Waals surface area contributed by atoms with E-state index in [-0.39, 0.29) is 5.75 Å². The molecule has 0 fully saturated rings. The summed E-state index contributed by atoms with van der Waals surface area (Å²) in [5.41, 5.74) is 3.73. The van der Waals surface area contributed by atoms with Crippen molar-refractivity contribution in [3.8, 4) is 11.5 Å². The Balaban J connectivity index is 1.40. The molecular formula is C28H24N4O3. The SMILES string of the molecule is O=C(Nc1ccccc1OCc1ccccc1)N1N=C(c2cccnc2)CC1c1ccccc1O. The summed E-state index contributed by atoms with van der Waals surface area (Å²) in [6.45, 7) is 0.376. The predicted octanol–water partition coefficient (Wildman–Crippen LogP) is 5.75. The number of phenols is 1. The van der Waals surface area contributed by atoms with Gasteiger partial charge in [0.1, 0.15) is 18.1 Å². The van der Waals surface area contributed by atoms with Gasteiger partial charge in [0.15, 0.2) is 0 Å². The van der Waals surface area contributed by atoms with Gasteiger partial charge in [-0.2, -0.15) is 5.10 Å². The molecule has 1 atom stereocenters. The van der Waals surface area contributed by atoms with Crippen LogP contribution >= 0.6 is 0 Å². The normalized spacial score (nSPS) is 14.9. The highest BCUT2D eigenvalue weighted by molar-refractivity contribution is 6.04. The van der Waals surface area contributed by atoms with Crippen LogP contribution in [0.2, 0.25) is 0 Å². The number of hydrazone groups is 1. The Labute approximate surface area is 203 Å². The molecule has 7 nitrogen and oxygen atoms in total. The Hall–Kier alpha value is -4.65. The summed E-state index contributed by atoms with van der Waals surface area (Å²) in [5, 5.41) is 19.4. The Kier molecular flexibility index (Phi) is 6.39. The number of hydrogen-bond acceptors (Lipinski definition) is 5. The van der Waals surface area contributed by atoms with Crippen LogP contribution in [-0.2, 0) is 6.61 Å². The quantitative estimate of drug-likeness (QED) is 0.380. The molecule has 0 saturated carbocycles. The molecule has 0 bridgehead atoms. The molecule has 35 heavy (non-hydrogen) atoms. The zero-order valence-electron chi connectivity index (χ0n) is 18.9. The van der Waals surface area contributed by atoms with E-state index in [1.54, 1.807) is 36.7 Å². The van der Waals surface area contributed by atoms with Crippen molar-refractivity contribution < 1.29 is 14.6 Å². The van der Waals surface area contributed by atoms with Crippen LogP contribution in [0, 0.1) is 0 Å². The highest BCUT2D eigenvalue weighted by Gasteiger charge is 2.35. The zero-order chi connectivity index (χ0) is 24.0. The van der Waals surface area contributed by atoms with Crippen LogP contribution in [0.4, 0.5) is 10.5 Å². The van der Waals surface area contributed by atoms with Gasteiger partial charge in [-0.05, 0) is 29.8 Å². The van der Waals surface area contributed by atoms with Gasteiger partial charge in [0.25, 0.3) is 0 Å². The average Bonchev–Trinajstić information content (AvgIpc) is 3.35. The van der Waals surface area contributed by atoms with Crippen LogP contribution in [0.5, 0.6) is 11.5 Å². The second-order valence-corrected chi connectivity index (χ2v) is 8.11. The topological polar surface area (TPSA) is 87.0 Å². The van der Waals surface area contributed by atoms with E-state index in [1.807, 2.05) is 66.7 Å². The molecule has 0 spiro atoms. The van der Waals surface area contributed by atoms with Crippen LogP contribution in [-0.4, -0.2) is 26.8 Å². The lowest BCUT2D eigenvalue weighted by atomic mass is 9.98. The van der Waals surface area contributed by atoms with Gasteiger partial charge < -0.3 is 15.2 Å². The highest BCUT2D eigenvalue weighted by atomic mass is 16.5. The number of urea groups is 1. The third kappa shape index (κ3) is 4.99. The lowest BCUT2D eigenvalue weighted by molar-refractivity contribution is 0.199. The number of anilines is 1. The number of benzene rings is 3. The van der Waals surface area contributed by atoms with Gasteiger partial charge >= 0.3 is 6.03 Å². The fraction of sp³-hybridized carbons (Fsp3) is 0.107. The number of aromatic hydroxyl groups is 1. The molecule has 2 heterocycles. The first-order chi connectivity index (χ1) is 17.2. The Morgan fingerprint density at radius 3 is 2.54 bits per heavy atom. The van der Waals surface area contributed by atoms with Gasteiger partial charge in [0.2, 0.25) is 0 Å². The van der Waals surface area contributed by atoms with E-state index < -0.39 is 12.1 Å². The van der Waals surface area contributed by atoms with E-state index in [0.717, 1.165) is 16.8 Å². The van der Waals surface area contributed by atoms with Crippen molar-refractivity contribution in [1.29, 1.82) is 0 Å². The van der Waals surface area contributed by atoms with Crippen molar-refractivity contribution in [3.63, 3.8) is 0 Å². The minimum absolute atomic E-state index is 0.115. The van der Waals surface area contributed by atoms with E-state index >= 15 is 0 Å². The van der Waals surface area contributed by atoms with Crippen LogP contribution < -0.4 is 10.1 Å². The maximum absolute atomic E-state index is 13.5. The molecule has 5 rings (SSSR count). The molecule has 0 saturated heterocycles. The zero-order valence-corrected chi connectivity index (χ0v) is 18.9. The monoisotopic (exact) mass is 464 g/mol. The number of carbonyl (C=O) groups excluding carboxylic acids is 1. The van der Waals surface area contributed by atoms with Crippen molar-refractivity contribution in [2.45, 2.75) is 19.1 Å². The van der Waals surface area contributed by atoms with Crippen LogP contribution in [0.15, 0.2) is 108 Å². The molecule has 7 heteroatoms. The van der Waals surface area contributed by atoms with Crippen molar-refractivity contribution in [3.05, 3.63) is 120 Å². The third-order valence-corrected chi connectivity index (χ3v) is 5.77. The summed E-state index contributed by atoms with van der Waals surface area (Å²) < 4.78 is 5.99. The fourth-order valence-corrected chi connectivity index (χ4v) is 4.02. The third-order valence-electron chi connectivity index (χ3n) is 5.77. The highest BCUT2D eigenvalue weighted by Crippen LogP contribution is 2.37. The van der Waals surface area contributed by atoms with E-state index in [0.29, 0.717) is 30.0 Å². The first-order valence-corrected chi connectivity index (χ1v) is 11.3. The van der Waals surface area contributed by atoms with Gasteiger partial charge in [0.05, 0.1) is 17.4 Å². The van der Waals surface area contributed by atoms with Crippen molar-refractivity contribution in [2.24, 2.45) is 5.10 Å². The number of phenolic OH excluding ortho intramolecular Hbond substituents is 1. The maximum atomic E-state index is 13.5. The number of pyridine rings is 1. The summed E-state index contributed by atoms with van der Waals surface area (Å²) >= 11 is 0. The van der Waals surface area contributed by atoms with E-state index in [9.17, 15) is 9.90 Å². The molecule has 2 amide bonds. The summed E-state index contributed by atoms with van der Waals surface area (Å²) in [4.78, 5) is 17.6. The molecule has 2 N–H and O–H groups in total. The summed E-state index contributed by atoms with van der Waals surface area (Å²) in [7, 11) is 0. The van der Waals surface area contributed by atoms with Gasteiger partial charge in [0, 0.05) is 29.9 Å². The number of nitrogens with one attached hydrogen (secondary N) is 1. The largest absolute Gasteiger partial charge is 0.508 e. The minimum atomic E-state index is -0.469. The van der Waals surface area contributed by atoms with E-state index in [2.05, 4.69) is 15.4 Å². The number of hydrogen-bond donors (Lipinski definition) is 2. The number of nitrogens with zero attached hydrogens (tertiary/aromatic N) is 3. The standard InChI is InChI=1S/C28H24N4O3/c33-26-14-6-4-12-22(26)25-17-24(21-11-8-16-29-18-21)31-32(25)28(34)30-23-13-5-7-15-27(23)35-19-20-9-2-1-3-10-20/h1-16,18,25,33H,17,19H2,(H,30,34). The smallest absolute Gasteiger partial charge is 0.342 e. The van der Waals surface area contributed by atoms with Crippen LogP contribution in [0.25, 0.3) is 0 Å². The molecular weight excluding hydrogens is 440 g/mol.